The minimum Gasteiger partial charge on any atom is -0.355 e. The van der Waals surface area contributed by atoms with E-state index in [9.17, 15) is 13.6 Å². The molecule has 0 spiro atoms. The molecule has 1 fully saturated rings. The predicted molar refractivity (Wildman–Crippen MR) is 87.0 cm³/mol. The second kappa shape index (κ2) is 7.33. The topological polar surface area (TPSA) is 58.1 Å². The maximum Gasteiger partial charge on any atom is 0.276 e. The summed E-state index contributed by atoms with van der Waals surface area (Å²) in [5.41, 5.74) is -0.475. The molecule has 1 aromatic heterocycles. The lowest BCUT2D eigenvalue weighted by Crippen LogP contribution is -2.25. The minimum atomic E-state index is -0.836. The van der Waals surface area contributed by atoms with E-state index in [0.717, 1.165) is 38.1 Å². The summed E-state index contributed by atoms with van der Waals surface area (Å²) in [7, 11) is 0. The molecule has 24 heavy (non-hydrogen) atoms. The molecule has 0 unspecified atom stereocenters. The van der Waals surface area contributed by atoms with E-state index >= 15 is 0 Å². The number of halogens is 2. The van der Waals surface area contributed by atoms with Crippen molar-refractivity contribution in [1.82, 2.24) is 10.2 Å². The van der Waals surface area contributed by atoms with Gasteiger partial charge in [-0.15, -0.1) is 10.2 Å². The van der Waals surface area contributed by atoms with Crippen LogP contribution in [0.4, 0.5) is 20.3 Å². The van der Waals surface area contributed by atoms with E-state index in [1.807, 2.05) is 0 Å². The molecule has 1 saturated heterocycles. The fourth-order valence-electron chi connectivity index (χ4n) is 2.71. The molecule has 0 bridgehead atoms. The lowest BCUT2D eigenvalue weighted by atomic mass is 10.2. The number of anilines is 2. The largest absolute Gasteiger partial charge is 0.355 e. The van der Waals surface area contributed by atoms with Gasteiger partial charge in [0, 0.05) is 13.1 Å². The van der Waals surface area contributed by atoms with Gasteiger partial charge in [-0.05, 0) is 37.1 Å². The standard InChI is InChI=1S/C17H18F2N4O/c18-12-6-5-7-13(19)16(12)20-17(24)14-8-9-15(22-21-14)23-10-3-1-2-4-11-23/h5-9H,1-4,10-11H2,(H,20,24). The Balaban J connectivity index is 1.72. The van der Waals surface area contributed by atoms with Gasteiger partial charge < -0.3 is 10.2 Å². The number of para-hydroxylation sites is 1. The van der Waals surface area contributed by atoms with Crippen molar-refractivity contribution < 1.29 is 13.6 Å². The number of benzene rings is 1. The molecular weight excluding hydrogens is 314 g/mol. The molecule has 0 radical (unpaired) electrons. The van der Waals surface area contributed by atoms with Crippen molar-refractivity contribution in [1.29, 1.82) is 0 Å². The molecule has 0 aliphatic carbocycles. The summed E-state index contributed by atoms with van der Waals surface area (Å²) in [4.78, 5) is 14.2. The molecule has 126 valence electrons. The second-order valence-corrected chi connectivity index (χ2v) is 5.73. The molecule has 0 atom stereocenters. The molecule has 7 heteroatoms. The maximum atomic E-state index is 13.6. The zero-order valence-corrected chi connectivity index (χ0v) is 13.1. The van der Waals surface area contributed by atoms with Crippen molar-refractivity contribution in [2.75, 3.05) is 23.3 Å². The van der Waals surface area contributed by atoms with Gasteiger partial charge in [0.1, 0.15) is 17.3 Å². The zero-order valence-electron chi connectivity index (χ0n) is 13.1. The smallest absolute Gasteiger partial charge is 0.276 e. The normalized spacial score (nSPS) is 15.0. The van der Waals surface area contributed by atoms with Crippen molar-refractivity contribution in [3.8, 4) is 0 Å². The van der Waals surface area contributed by atoms with Crippen LogP contribution < -0.4 is 10.2 Å². The Morgan fingerprint density at radius 2 is 1.62 bits per heavy atom. The molecule has 5 nitrogen and oxygen atoms in total. The van der Waals surface area contributed by atoms with E-state index in [4.69, 9.17) is 0 Å². The molecule has 1 amide bonds. The van der Waals surface area contributed by atoms with Crippen molar-refractivity contribution >= 4 is 17.4 Å². The molecule has 1 aliphatic rings. The maximum absolute atomic E-state index is 13.6. The van der Waals surface area contributed by atoms with Gasteiger partial charge in [-0.25, -0.2) is 8.78 Å². The number of hydrogen-bond acceptors (Lipinski definition) is 4. The Bertz CT molecular complexity index is 693. The predicted octanol–water partition coefficient (Wildman–Crippen LogP) is 3.39. The Kier molecular flexibility index (Phi) is 4.98. The van der Waals surface area contributed by atoms with Crippen molar-refractivity contribution in [2.45, 2.75) is 25.7 Å². The van der Waals surface area contributed by atoms with Crippen LogP contribution in [0.5, 0.6) is 0 Å². The average molecular weight is 332 g/mol. The Labute approximate surface area is 138 Å². The highest BCUT2D eigenvalue weighted by atomic mass is 19.1. The monoisotopic (exact) mass is 332 g/mol. The molecule has 1 aliphatic heterocycles. The van der Waals surface area contributed by atoms with Gasteiger partial charge in [0.2, 0.25) is 0 Å². The summed E-state index contributed by atoms with van der Waals surface area (Å²) in [6.45, 7) is 1.83. The van der Waals surface area contributed by atoms with Crippen LogP contribution in [0.15, 0.2) is 30.3 Å². The first kappa shape index (κ1) is 16.3. The van der Waals surface area contributed by atoms with Crippen LogP contribution in [0.1, 0.15) is 36.2 Å². The van der Waals surface area contributed by atoms with Crippen LogP contribution in [0, 0.1) is 11.6 Å². The Hall–Kier alpha value is -2.57. The van der Waals surface area contributed by atoms with Gasteiger partial charge in [0.05, 0.1) is 0 Å². The quantitative estimate of drug-likeness (QED) is 0.936. The third kappa shape index (κ3) is 3.67. The number of hydrogen-bond donors (Lipinski definition) is 1. The highest BCUT2D eigenvalue weighted by Crippen LogP contribution is 2.20. The molecule has 1 N–H and O–H groups in total. The molecular formula is C17H18F2N4O. The van der Waals surface area contributed by atoms with Crippen LogP contribution in [0.3, 0.4) is 0 Å². The van der Waals surface area contributed by atoms with Crippen LogP contribution in [0.25, 0.3) is 0 Å². The molecule has 2 heterocycles. The summed E-state index contributed by atoms with van der Waals surface area (Å²) in [5.74, 6) is -1.66. The number of rotatable bonds is 3. The first-order valence-electron chi connectivity index (χ1n) is 7.99. The van der Waals surface area contributed by atoms with Gasteiger partial charge in [0.25, 0.3) is 5.91 Å². The second-order valence-electron chi connectivity index (χ2n) is 5.73. The third-order valence-electron chi connectivity index (χ3n) is 4.01. The summed E-state index contributed by atoms with van der Waals surface area (Å²) in [5, 5.41) is 10.2. The van der Waals surface area contributed by atoms with Crippen LogP contribution >= 0.6 is 0 Å². The van der Waals surface area contributed by atoms with E-state index in [2.05, 4.69) is 20.4 Å². The molecule has 2 aromatic rings. The van der Waals surface area contributed by atoms with Gasteiger partial charge in [-0.2, -0.15) is 0 Å². The highest BCUT2D eigenvalue weighted by molar-refractivity contribution is 6.02. The number of nitrogens with zero attached hydrogens (tertiary/aromatic N) is 3. The summed E-state index contributed by atoms with van der Waals surface area (Å²) >= 11 is 0. The number of carbonyl (C=O) groups excluding carboxylic acids is 1. The number of aromatic nitrogens is 2. The number of amides is 1. The summed E-state index contributed by atoms with van der Waals surface area (Å²) in [6.07, 6.45) is 4.63. The van der Waals surface area contributed by atoms with Crippen LogP contribution in [-0.4, -0.2) is 29.2 Å². The first-order valence-corrected chi connectivity index (χ1v) is 7.99. The van der Waals surface area contributed by atoms with Gasteiger partial charge in [0.15, 0.2) is 11.5 Å². The minimum absolute atomic E-state index is 0.0104. The van der Waals surface area contributed by atoms with Crippen molar-refractivity contribution in [2.24, 2.45) is 0 Å². The van der Waals surface area contributed by atoms with Crippen LogP contribution in [-0.2, 0) is 0 Å². The van der Waals surface area contributed by atoms with E-state index in [1.165, 1.54) is 25.0 Å². The van der Waals surface area contributed by atoms with Crippen molar-refractivity contribution in [3.63, 3.8) is 0 Å². The zero-order chi connectivity index (χ0) is 16.9. The molecule has 0 saturated carbocycles. The Morgan fingerprint density at radius 1 is 0.958 bits per heavy atom. The SMILES string of the molecule is O=C(Nc1c(F)cccc1F)c1ccc(N2CCCCCC2)nn1. The van der Waals surface area contributed by atoms with E-state index in [0.29, 0.717) is 5.82 Å². The molecule has 3 rings (SSSR count). The average Bonchev–Trinajstić information content (AvgIpc) is 2.88. The van der Waals surface area contributed by atoms with Gasteiger partial charge >= 0.3 is 0 Å². The number of nitrogens with one attached hydrogen (secondary N) is 1. The summed E-state index contributed by atoms with van der Waals surface area (Å²) in [6, 6.07) is 6.61. The fraction of sp³-hybridized carbons (Fsp3) is 0.353. The van der Waals surface area contributed by atoms with E-state index in [-0.39, 0.29) is 5.69 Å². The van der Waals surface area contributed by atoms with Gasteiger partial charge in [-0.3, -0.25) is 4.79 Å². The first-order chi connectivity index (χ1) is 11.6. The lowest BCUT2D eigenvalue weighted by molar-refractivity contribution is 0.102. The fourth-order valence-corrected chi connectivity index (χ4v) is 2.71. The van der Waals surface area contributed by atoms with Crippen LogP contribution in [0.2, 0.25) is 0 Å². The number of carbonyl (C=O) groups is 1. The third-order valence-corrected chi connectivity index (χ3v) is 4.01. The van der Waals surface area contributed by atoms with Crippen molar-refractivity contribution in [3.05, 3.63) is 47.7 Å². The summed E-state index contributed by atoms with van der Waals surface area (Å²) < 4.78 is 27.1. The molecule has 1 aromatic carbocycles. The highest BCUT2D eigenvalue weighted by Gasteiger charge is 2.16. The van der Waals surface area contributed by atoms with E-state index < -0.39 is 23.2 Å². The van der Waals surface area contributed by atoms with E-state index in [1.54, 1.807) is 6.07 Å². The van der Waals surface area contributed by atoms with Gasteiger partial charge in [-0.1, -0.05) is 18.9 Å². The lowest BCUT2D eigenvalue weighted by Gasteiger charge is -2.20. The Morgan fingerprint density at radius 3 is 2.21 bits per heavy atom.